The van der Waals surface area contributed by atoms with Crippen molar-refractivity contribution >= 4 is 21.8 Å². The zero-order valence-corrected chi connectivity index (χ0v) is 16.8. The number of amides is 2. The number of hydrogen-bond acceptors (Lipinski definition) is 5. The van der Waals surface area contributed by atoms with Gasteiger partial charge < -0.3 is 0 Å². The molecule has 4 rings (SSSR count). The summed E-state index contributed by atoms with van der Waals surface area (Å²) in [5, 5.41) is 0. The average Bonchev–Trinajstić information content (AvgIpc) is 3.04. The monoisotopic (exact) mass is 413 g/mol. The molecule has 0 aromatic heterocycles. The molecule has 2 aliphatic rings. The molecule has 0 N–H and O–H groups in total. The minimum atomic E-state index is -3.52. The highest BCUT2D eigenvalue weighted by Crippen LogP contribution is 2.29. The van der Waals surface area contributed by atoms with E-state index in [1.165, 1.54) is 9.21 Å². The molecule has 2 amide bonds. The van der Waals surface area contributed by atoms with E-state index in [0.29, 0.717) is 26.2 Å². The Kier molecular flexibility index (Phi) is 5.49. The summed E-state index contributed by atoms with van der Waals surface area (Å²) in [7, 11) is -3.52. The van der Waals surface area contributed by atoms with Crippen molar-refractivity contribution in [1.29, 1.82) is 0 Å². The number of nitrogens with zero attached hydrogens (tertiary/aromatic N) is 3. The first-order valence-electron chi connectivity index (χ1n) is 9.63. The van der Waals surface area contributed by atoms with Crippen LogP contribution in [-0.2, 0) is 19.6 Å². The summed E-state index contributed by atoms with van der Waals surface area (Å²) in [5.74, 6) is -0.785. The summed E-state index contributed by atoms with van der Waals surface area (Å²) in [5.41, 5.74) is 0.854. The number of hydrogen-bond donors (Lipinski definition) is 0. The summed E-state index contributed by atoms with van der Waals surface area (Å²) >= 11 is 0. The van der Waals surface area contributed by atoms with Gasteiger partial charge in [0, 0.05) is 32.6 Å². The molecule has 0 unspecified atom stereocenters. The van der Waals surface area contributed by atoms with Crippen LogP contribution in [0.1, 0.15) is 17.9 Å². The van der Waals surface area contributed by atoms with Crippen LogP contribution >= 0.6 is 0 Å². The molecule has 2 fully saturated rings. The third kappa shape index (κ3) is 3.96. The molecular weight excluding hydrogens is 390 g/mol. The molecule has 2 aromatic carbocycles. The van der Waals surface area contributed by atoms with Crippen molar-refractivity contribution in [3.8, 4) is 0 Å². The number of sulfonamides is 1. The highest BCUT2D eigenvalue weighted by atomic mass is 32.2. The predicted molar refractivity (Wildman–Crippen MR) is 107 cm³/mol. The topological polar surface area (TPSA) is 78.0 Å². The minimum Gasteiger partial charge on any atom is -0.283 e. The zero-order valence-electron chi connectivity index (χ0n) is 16.0. The van der Waals surface area contributed by atoms with E-state index >= 15 is 0 Å². The first-order valence-corrected chi connectivity index (χ1v) is 11.1. The second kappa shape index (κ2) is 8.06. The molecule has 7 nitrogen and oxygen atoms in total. The lowest BCUT2D eigenvalue weighted by molar-refractivity contribution is -0.141. The number of carbonyl (C=O) groups excluding carboxylic acids is 2. The smallest absolute Gasteiger partial charge is 0.243 e. The van der Waals surface area contributed by atoms with Crippen molar-refractivity contribution in [2.24, 2.45) is 0 Å². The normalized spacial score (nSPS) is 21.7. The van der Waals surface area contributed by atoms with E-state index < -0.39 is 15.9 Å². The number of likely N-dealkylation sites (tertiary alicyclic amines) is 1. The van der Waals surface area contributed by atoms with E-state index in [9.17, 15) is 18.0 Å². The van der Waals surface area contributed by atoms with Gasteiger partial charge in [0.15, 0.2) is 0 Å². The van der Waals surface area contributed by atoms with Crippen molar-refractivity contribution in [3.05, 3.63) is 66.2 Å². The Balaban J connectivity index is 1.38. The lowest BCUT2D eigenvalue weighted by atomic mass is 9.98. The van der Waals surface area contributed by atoms with Crippen LogP contribution in [0.2, 0.25) is 0 Å². The fourth-order valence-electron chi connectivity index (χ4n) is 3.83. The van der Waals surface area contributed by atoms with E-state index in [4.69, 9.17) is 0 Å². The van der Waals surface area contributed by atoms with Crippen LogP contribution in [0.25, 0.3) is 0 Å². The number of benzene rings is 2. The third-order valence-corrected chi connectivity index (χ3v) is 7.41. The van der Waals surface area contributed by atoms with Gasteiger partial charge in [0.05, 0.1) is 17.5 Å². The molecule has 0 aliphatic carbocycles. The summed E-state index contributed by atoms with van der Waals surface area (Å²) < 4.78 is 26.9. The van der Waals surface area contributed by atoms with Crippen molar-refractivity contribution in [3.63, 3.8) is 0 Å². The first-order chi connectivity index (χ1) is 14.0. The quantitative estimate of drug-likeness (QED) is 0.694. The molecule has 2 aliphatic heterocycles. The van der Waals surface area contributed by atoms with E-state index in [2.05, 4.69) is 0 Å². The Morgan fingerprint density at radius 1 is 0.828 bits per heavy atom. The van der Waals surface area contributed by atoms with Crippen molar-refractivity contribution in [2.75, 3.05) is 32.8 Å². The molecule has 0 radical (unpaired) electrons. The molecule has 8 heteroatoms. The number of carbonyl (C=O) groups is 2. The largest absolute Gasteiger partial charge is 0.283 e. The summed E-state index contributed by atoms with van der Waals surface area (Å²) in [6.07, 6.45) is 0.186. The van der Waals surface area contributed by atoms with E-state index in [-0.39, 0.29) is 29.8 Å². The minimum absolute atomic E-state index is 0.178. The molecule has 2 heterocycles. The zero-order chi connectivity index (χ0) is 20.4. The van der Waals surface area contributed by atoms with E-state index in [1.807, 2.05) is 35.2 Å². The molecule has 152 valence electrons. The van der Waals surface area contributed by atoms with Crippen LogP contribution < -0.4 is 0 Å². The Labute approximate surface area is 170 Å². The Hall–Kier alpha value is -2.55. The van der Waals surface area contributed by atoms with E-state index in [0.717, 1.165) is 5.56 Å². The maximum Gasteiger partial charge on any atom is 0.243 e. The maximum absolute atomic E-state index is 12.8. The molecule has 0 spiro atoms. The van der Waals surface area contributed by atoms with Gasteiger partial charge in [0.2, 0.25) is 21.8 Å². The van der Waals surface area contributed by atoms with Gasteiger partial charge in [-0.15, -0.1) is 0 Å². The van der Waals surface area contributed by atoms with Crippen molar-refractivity contribution in [2.45, 2.75) is 17.2 Å². The standard InChI is InChI=1S/C21H23N3O4S/c25-20-15-19(17-7-3-1-4-8-17)21(26)24(20)16-22-11-13-23(14-12-22)29(27,28)18-9-5-2-6-10-18/h1-10,19H,11-16H2/t19-/m0/s1. The van der Waals surface area contributed by atoms with Gasteiger partial charge in [-0.25, -0.2) is 8.42 Å². The Morgan fingerprint density at radius 3 is 2.03 bits per heavy atom. The molecule has 29 heavy (non-hydrogen) atoms. The van der Waals surface area contributed by atoms with Gasteiger partial charge in [0.1, 0.15) is 0 Å². The molecule has 2 saturated heterocycles. The van der Waals surface area contributed by atoms with Crippen molar-refractivity contribution < 1.29 is 18.0 Å². The lowest BCUT2D eigenvalue weighted by Gasteiger charge is -2.35. The van der Waals surface area contributed by atoms with Crippen LogP contribution in [0, 0.1) is 0 Å². The van der Waals surface area contributed by atoms with Gasteiger partial charge in [-0.3, -0.25) is 19.4 Å². The number of piperazine rings is 1. The van der Waals surface area contributed by atoms with Gasteiger partial charge in [-0.05, 0) is 17.7 Å². The third-order valence-electron chi connectivity index (χ3n) is 5.50. The molecule has 0 bridgehead atoms. The van der Waals surface area contributed by atoms with Gasteiger partial charge in [-0.1, -0.05) is 48.5 Å². The van der Waals surface area contributed by atoms with Crippen LogP contribution in [0.15, 0.2) is 65.6 Å². The molecule has 1 atom stereocenters. The molecule has 0 saturated carbocycles. The second-order valence-corrected chi connectivity index (χ2v) is 9.24. The maximum atomic E-state index is 12.8. The fraction of sp³-hybridized carbons (Fsp3) is 0.333. The van der Waals surface area contributed by atoms with Gasteiger partial charge in [0.25, 0.3) is 0 Å². The SMILES string of the molecule is O=C1C[C@@H](c2ccccc2)C(=O)N1CN1CCN(S(=O)(=O)c2ccccc2)CC1. The second-order valence-electron chi connectivity index (χ2n) is 7.30. The molecule has 2 aromatic rings. The highest BCUT2D eigenvalue weighted by molar-refractivity contribution is 7.89. The average molecular weight is 413 g/mol. The summed E-state index contributed by atoms with van der Waals surface area (Å²) in [4.78, 5) is 28.7. The first kappa shape index (κ1) is 19.8. The lowest BCUT2D eigenvalue weighted by Crippen LogP contribution is -2.52. The van der Waals surface area contributed by atoms with Crippen molar-refractivity contribution in [1.82, 2.24) is 14.1 Å². The predicted octanol–water partition coefficient (Wildman–Crippen LogP) is 1.49. The Morgan fingerprint density at radius 2 is 1.41 bits per heavy atom. The van der Waals surface area contributed by atoms with Crippen LogP contribution in [-0.4, -0.2) is 67.2 Å². The number of imide groups is 1. The van der Waals surface area contributed by atoms with Gasteiger partial charge in [-0.2, -0.15) is 4.31 Å². The fourth-order valence-corrected chi connectivity index (χ4v) is 5.27. The van der Waals surface area contributed by atoms with Crippen LogP contribution in [0.5, 0.6) is 0 Å². The number of rotatable bonds is 5. The van der Waals surface area contributed by atoms with Gasteiger partial charge >= 0.3 is 0 Å². The highest BCUT2D eigenvalue weighted by Gasteiger charge is 2.40. The molecular formula is C21H23N3O4S. The summed E-state index contributed by atoms with van der Waals surface area (Å²) in [6, 6.07) is 17.7. The van der Waals surface area contributed by atoms with E-state index in [1.54, 1.807) is 30.3 Å². The van der Waals surface area contributed by atoms with Crippen LogP contribution in [0.4, 0.5) is 0 Å². The summed E-state index contributed by atoms with van der Waals surface area (Å²) in [6.45, 7) is 1.81. The Bertz CT molecular complexity index is 987. The van der Waals surface area contributed by atoms with Crippen LogP contribution in [0.3, 0.4) is 0 Å².